The predicted molar refractivity (Wildman–Crippen MR) is 97.1 cm³/mol. The Morgan fingerprint density at radius 2 is 1.67 bits per heavy atom. The third-order valence-corrected chi connectivity index (χ3v) is 4.81. The van der Waals surface area contributed by atoms with E-state index in [1.165, 1.54) is 12.1 Å². The van der Waals surface area contributed by atoms with Crippen molar-refractivity contribution in [1.82, 2.24) is 10.6 Å². The van der Waals surface area contributed by atoms with Gasteiger partial charge in [0.25, 0.3) is 0 Å². The minimum absolute atomic E-state index is 0.0203. The van der Waals surface area contributed by atoms with Crippen molar-refractivity contribution in [1.29, 1.82) is 0 Å². The molecule has 2 amide bonds. The van der Waals surface area contributed by atoms with Crippen LogP contribution in [0.25, 0.3) is 0 Å². The molecule has 1 aromatic rings. The molecule has 0 saturated carbocycles. The van der Waals surface area contributed by atoms with Gasteiger partial charge in [0, 0.05) is 5.33 Å². The molecular weight excluding hydrogens is 433 g/mol. The molecule has 4 N–H and O–H groups in total. The second-order valence-electron chi connectivity index (χ2n) is 7.05. The van der Waals surface area contributed by atoms with Crippen molar-refractivity contribution in [2.45, 2.75) is 44.9 Å². The molecule has 27 heavy (non-hydrogen) atoms. The minimum atomic E-state index is -4.63. The van der Waals surface area contributed by atoms with Gasteiger partial charge in [-0.05, 0) is 29.5 Å². The van der Waals surface area contributed by atoms with Crippen LogP contribution in [0.1, 0.15) is 38.3 Å². The first-order valence-electron chi connectivity index (χ1n) is 8.00. The first kappa shape index (κ1) is 23.1. The van der Waals surface area contributed by atoms with Gasteiger partial charge in [-0.3, -0.25) is 0 Å². The number of hydrogen-bond acceptors (Lipinski definition) is 2. The summed E-state index contributed by atoms with van der Waals surface area (Å²) in [7, 11) is 0. The zero-order valence-corrected chi connectivity index (χ0v) is 16.6. The predicted octanol–water partition coefficient (Wildman–Crippen LogP) is 4.64. The molecule has 0 aliphatic rings. The van der Waals surface area contributed by atoms with Crippen molar-refractivity contribution in [3.05, 3.63) is 35.4 Å². The molecule has 0 aromatic heterocycles. The lowest BCUT2D eigenvalue weighted by Crippen LogP contribution is -2.66. The molecule has 0 radical (unpaired) electrons. The number of carboxylic acid groups (broad SMARTS) is 2. The van der Waals surface area contributed by atoms with E-state index in [0.717, 1.165) is 12.1 Å². The number of nitrogens with one attached hydrogen (secondary N) is 2. The highest BCUT2D eigenvalue weighted by molar-refractivity contribution is 9.09. The standard InChI is InChI=1S/C17H22BrF3N2O4/c1-15(2,3)16(23-14(26)27,12(7-8-18)22-13(24)25)10-5-4-6-11(9-10)17(19,20)21/h4-6,9,12,22-23H,7-8H2,1-3H3,(H,24,25)(H,26,27). The van der Waals surface area contributed by atoms with Gasteiger partial charge in [0.1, 0.15) is 0 Å². The molecule has 1 aromatic carbocycles. The summed E-state index contributed by atoms with van der Waals surface area (Å²) >= 11 is 3.20. The average molecular weight is 455 g/mol. The zero-order valence-electron chi connectivity index (χ0n) is 15.0. The fourth-order valence-electron chi connectivity index (χ4n) is 3.27. The van der Waals surface area contributed by atoms with Gasteiger partial charge < -0.3 is 20.8 Å². The Kier molecular flexibility index (Phi) is 7.15. The molecule has 0 spiro atoms. The maximum atomic E-state index is 13.2. The first-order valence-corrected chi connectivity index (χ1v) is 9.12. The van der Waals surface area contributed by atoms with Crippen LogP contribution < -0.4 is 10.6 Å². The quantitative estimate of drug-likeness (QED) is 0.470. The van der Waals surface area contributed by atoms with Crippen LogP contribution in [0.4, 0.5) is 22.8 Å². The molecule has 2 atom stereocenters. The lowest BCUT2D eigenvalue weighted by Gasteiger charge is -2.50. The zero-order chi connectivity index (χ0) is 21.0. The number of halogens is 4. The molecule has 0 fully saturated rings. The maximum Gasteiger partial charge on any atom is 0.416 e. The Balaban J connectivity index is 3.80. The van der Waals surface area contributed by atoms with Gasteiger partial charge in [0.15, 0.2) is 0 Å². The highest BCUT2D eigenvalue weighted by Gasteiger charge is 2.52. The van der Waals surface area contributed by atoms with Crippen molar-refractivity contribution >= 4 is 28.1 Å². The summed E-state index contributed by atoms with van der Waals surface area (Å²) in [6.45, 7) is 4.90. The minimum Gasteiger partial charge on any atom is -0.465 e. The number of alkyl halides is 4. The second kappa shape index (κ2) is 8.37. The summed E-state index contributed by atoms with van der Waals surface area (Å²) in [5.41, 5.74) is -3.57. The summed E-state index contributed by atoms with van der Waals surface area (Å²) in [4.78, 5) is 22.9. The normalized spacial score (nSPS) is 15.5. The molecule has 2 unspecified atom stereocenters. The van der Waals surface area contributed by atoms with Gasteiger partial charge in [0.2, 0.25) is 0 Å². The van der Waals surface area contributed by atoms with Crippen LogP contribution in [-0.4, -0.2) is 33.8 Å². The fourth-order valence-corrected chi connectivity index (χ4v) is 3.73. The number of hydrogen-bond donors (Lipinski definition) is 4. The van der Waals surface area contributed by atoms with Crippen LogP contribution in [-0.2, 0) is 11.7 Å². The Morgan fingerprint density at radius 3 is 2.07 bits per heavy atom. The van der Waals surface area contributed by atoms with E-state index in [2.05, 4.69) is 26.6 Å². The van der Waals surface area contributed by atoms with E-state index in [0.29, 0.717) is 5.33 Å². The topological polar surface area (TPSA) is 98.7 Å². The molecule has 6 nitrogen and oxygen atoms in total. The van der Waals surface area contributed by atoms with E-state index in [4.69, 9.17) is 0 Å². The number of rotatable bonds is 6. The van der Waals surface area contributed by atoms with Crippen molar-refractivity contribution in [3.63, 3.8) is 0 Å². The molecule has 0 heterocycles. The third-order valence-electron chi connectivity index (χ3n) is 4.35. The number of benzene rings is 1. The third kappa shape index (κ3) is 5.27. The van der Waals surface area contributed by atoms with Crippen LogP contribution in [0.5, 0.6) is 0 Å². The molecule has 0 saturated heterocycles. The SMILES string of the molecule is CC(C)(C)C(NC(=O)O)(c1cccc(C(F)(F)F)c1)C(CCBr)NC(=O)O. The Bertz CT molecular complexity index is 691. The summed E-state index contributed by atoms with van der Waals surface area (Å²) in [6.07, 6.45) is -7.38. The Morgan fingerprint density at radius 1 is 1.11 bits per heavy atom. The molecule has 10 heteroatoms. The number of carbonyl (C=O) groups is 2. The van der Waals surface area contributed by atoms with Crippen LogP contribution >= 0.6 is 15.9 Å². The van der Waals surface area contributed by atoms with Gasteiger partial charge in [-0.2, -0.15) is 13.2 Å². The molecule has 0 bridgehead atoms. The van der Waals surface area contributed by atoms with Crippen molar-refractivity contribution in [3.8, 4) is 0 Å². The molecular formula is C17H22BrF3N2O4. The second-order valence-corrected chi connectivity index (χ2v) is 7.84. The summed E-state index contributed by atoms with van der Waals surface area (Å²) in [5.74, 6) is 0. The summed E-state index contributed by atoms with van der Waals surface area (Å²) < 4.78 is 39.7. The van der Waals surface area contributed by atoms with Gasteiger partial charge >= 0.3 is 18.4 Å². The van der Waals surface area contributed by atoms with E-state index in [9.17, 15) is 33.0 Å². The highest BCUT2D eigenvalue weighted by atomic mass is 79.9. The van der Waals surface area contributed by atoms with E-state index >= 15 is 0 Å². The maximum absolute atomic E-state index is 13.2. The van der Waals surface area contributed by atoms with E-state index in [1.807, 2.05) is 0 Å². The van der Waals surface area contributed by atoms with Crippen LogP contribution in [0.2, 0.25) is 0 Å². The number of amides is 2. The van der Waals surface area contributed by atoms with Gasteiger partial charge in [-0.15, -0.1) is 0 Å². The van der Waals surface area contributed by atoms with Crippen LogP contribution in [0, 0.1) is 5.41 Å². The van der Waals surface area contributed by atoms with Crippen molar-refractivity contribution < 1.29 is 33.0 Å². The van der Waals surface area contributed by atoms with E-state index in [1.54, 1.807) is 20.8 Å². The fraction of sp³-hybridized carbons (Fsp3) is 0.529. The molecule has 0 aliphatic carbocycles. The monoisotopic (exact) mass is 454 g/mol. The highest BCUT2D eigenvalue weighted by Crippen LogP contribution is 2.44. The first-order chi connectivity index (χ1) is 12.3. The summed E-state index contributed by atoms with van der Waals surface area (Å²) in [6, 6.07) is 3.23. The van der Waals surface area contributed by atoms with Crippen molar-refractivity contribution in [2.75, 3.05) is 5.33 Å². The van der Waals surface area contributed by atoms with Crippen LogP contribution in [0.3, 0.4) is 0 Å². The lowest BCUT2D eigenvalue weighted by atomic mass is 9.64. The smallest absolute Gasteiger partial charge is 0.416 e. The lowest BCUT2D eigenvalue weighted by molar-refractivity contribution is -0.137. The van der Waals surface area contributed by atoms with E-state index in [-0.39, 0.29) is 12.0 Å². The Labute approximate surface area is 163 Å². The van der Waals surface area contributed by atoms with Gasteiger partial charge in [-0.1, -0.05) is 48.8 Å². The Hall–Kier alpha value is -1.97. The van der Waals surface area contributed by atoms with Gasteiger partial charge in [0.05, 0.1) is 17.1 Å². The average Bonchev–Trinajstić information content (AvgIpc) is 2.49. The summed E-state index contributed by atoms with van der Waals surface area (Å²) in [5, 5.41) is 23.5. The molecule has 1 rings (SSSR count). The molecule has 152 valence electrons. The molecule has 0 aliphatic heterocycles. The van der Waals surface area contributed by atoms with E-state index < -0.39 is 40.9 Å². The van der Waals surface area contributed by atoms with Gasteiger partial charge in [-0.25, -0.2) is 9.59 Å². The van der Waals surface area contributed by atoms with Crippen LogP contribution in [0.15, 0.2) is 24.3 Å². The largest absolute Gasteiger partial charge is 0.465 e. The van der Waals surface area contributed by atoms with Crippen molar-refractivity contribution in [2.24, 2.45) is 5.41 Å².